The Bertz CT molecular complexity index is 1180. The van der Waals surface area contributed by atoms with Gasteiger partial charge in [0.25, 0.3) is 10.0 Å². The molecular weight excluding hydrogens is 408 g/mol. The van der Waals surface area contributed by atoms with E-state index < -0.39 is 20.2 Å². The van der Waals surface area contributed by atoms with Crippen LogP contribution in [0.3, 0.4) is 0 Å². The molecule has 0 unspecified atom stereocenters. The van der Waals surface area contributed by atoms with Gasteiger partial charge in [0.05, 0.1) is 15.5 Å². The Hall–Kier alpha value is -2.21. The number of nitrogens with one attached hydrogen (secondary N) is 1. The van der Waals surface area contributed by atoms with Gasteiger partial charge in [0.2, 0.25) is 0 Å². The van der Waals surface area contributed by atoms with Crippen LogP contribution in [0.2, 0.25) is 0 Å². The third-order valence-electron chi connectivity index (χ3n) is 3.75. The minimum atomic E-state index is -3.71. The van der Waals surface area contributed by atoms with E-state index in [4.69, 9.17) is 0 Å². The highest BCUT2D eigenvalue weighted by Gasteiger charge is 2.20. The number of nitrogens with zero attached hydrogens (tertiary/aromatic N) is 3. The lowest BCUT2D eigenvalue weighted by Gasteiger charge is -2.10. The molecule has 0 amide bonds. The monoisotopic (exact) mass is 426 g/mol. The molecule has 0 fully saturated rings. The molecule has 0 saturated heterocycles. The average Bonchev–Trinajstić information content (AvgIpc) is 3.23. The Morgan fingerprint density at radius 3 is 2.48 bits per heavy atom. The highest BCUT2D eigenvalue weighted by Crippen LogP contribution is 2.30. The second-order valence-electron chi connectivity index (χ2n) is 5.93. The summed E-state index contributed by atoms with van der Waals surface area (Å²) in [6, 6.07) is 9.89. The molecule has 0 aliphatic carbocycles. The van der Waals surface area contributed by atoms with Crippen LogP contribution >= 0.6 is 11.3 Å². The zero-order valence-electron chi connectivity index (χ0n) is 14.8. The van der Waals surface area contributed by atoms with Crippen LogP contribution in [0.5, 0.6) is 0 Å². The lowest BCUT2D eigenvalue weighted by atomic mass is 10.2. The zero-order valence-corrected chi connectivity index (χ0v) is 17.3. The van der Waals surface area contributed by atoms with Gasteiger partial charge in [-0.2, -0.15) is 21.9 Å². The number of benzene rings is 1. The summed E-state index contributed by atoms with van der Waals surface area (Å²) in [6.45, 7) is 1.73. The van der Waals surface area contributed by atoms with Crippen LogP contribution in [0.15, 0.2) is 52.9 Å². The number of rotatable bonds is 6. The van der Waals surface area contributed by atoms with E-state index in [0.29, 0.717) is 21.8 Å². The van der Waals surface area contributed by atoms with Gasteiger partial charge in [0, 0.05) is 25.7 Å². The van der Waals surface area contributed by atoms with E-state index in [0.717, 1.165) is 8.39 Å². The molecule has 0 radical (unpaired) electrons. The number of thiophene rings is 1. The van der Waals surface area contributed by atoms with E-state index in [-0.39, 0.29) is 4.90 Å². The fraction of sp³-hybridized carbons (Fsp3) is 0.188. The summed E-state index contributed by atoms with van der Waals surface area (Å²) in [4.78, 5) is 0.851. The first kappa shape index (κ1) is 19.5. The van der Waals surface area contributed by atoms with Crippen LogP contribution in [-0.4, -0.2) is 44.4 Å². The summed E-state index contributed by atoms with van der Waals surface area (Å²) in [7, 11) is -4.57. The lowest BCUT2D eigenvalue weighted by molar-refractivity contribution is 0.504. The first-order chi connectivity index (χ1) is 12.6. The molecule has 0 bridgehead atoms. The van der Waals surface area contributed by atoms with Gasteiger partial charge < -0.3 is 0 Å². The molecule has 8 nitrogen and oxygen atoms in total. The Labute approximate surface area is 162 Å². The van der Waals surface area contributed by atoms with Crippen LogP contribution in [0.1, 0.15) is 5.56 Å². The molecule has 2 aromatic heterocycles. The summed E-state index contributed by atoms with van der Waals surface area (Å²) in [5.41, 5.74) is 1.48. The molecule has 3 aromatic rings. The minimum Gasteiger partial charge on any atom is -0.279 e. The van der Waals surface area contributed by atoms with Crippen molar-refractivity contribution in [1.82, 2.24) is 13.5 Å². The Balaban J connectivity index is 1.86. The topological polar surface area (TPSA) is 101 Å². The third kappa shape index (κ3) is 3.90. The highest BCUT2D eigenvalue weighted by molar-refractivity contribution is 7.92. The highest BCUT2D eigenvalue weighted by atomic mass is 32.2. The fourth-order valence-corrected chi connectivity index (χ4v) is 5.23. The number of aromatic nitrogens is 2. The van der Waals surface area contributed by atoms with Crippen LogP contribution in [0, 0.1) is 6.92 Å². The molecule has 0 aliphatic heterocycles. The van der Waals surface area contributed by atoms with E-state index in [9.17, 15) is 16.8 Å². The maximum atomic E-state index is 12.6. The quantitative estimate of drug-likeness (QED) is 0.652. The molecule has 0 saturated carbocycles. The standard InChI is InChI=1S/C16H18N4O4S3/c1-12-6-4-5-7-16(12)26(21,22)18-13-10-15(25-11-13)14-8-9-20(17-14)27(23,24)19(2)3/h4-11,18H,1-3H3. The maximum Gasteiger partial charge on any atom is 0.322 e. The second kappa shape index (κ2) is 7.08. The molecule has 0 aliphatic rings. The molecule has 27 heavy (non-hydrogen) atoms. The van der Waals surface area contributed by atoms with Gasteiger partial charge in [-0.1, -0.05) is 18.2 Å². The van der Waals surface area contributed by atoms with E-state index >= 15 is 0 Å². The zero-order chi connectivity index (χ0) is 19.8. The molecule has 0 spiro atoms. The number of sulfonamides is 1. The maximum absolute atomic E-state index is 12.6. The number of hydrogen-bond acceptors (Lipinski definition) is 6. The normalized spacial score (nSPS) is 12.4. The van der Waals surface area contributed by atoms with Crippen LogP contribution in [0.25, 0.3) is 10.6 Å². The van der Waals surface area contributed by atoms with Crippen LogP contribution < -0.4 is 4.72 Å². The Morgan fingerprint density at radius 1 is 1.11 bits per heavy atom. The minimum absolute atomic E-state index is 0.208. The summed E-state index contributed by atoms with van der Waals surface area (Å²) in [6.07, 6.45) is 1.35. The lowest BCUT2D eigenvalue weighted by Crippen LogP contribution is -2.29. The smallest absolute Gasteiger partial charge is 0.279 e. The van der Waals surface area contributed by atoms with Crippen LogP contribution in [0.4, 0.5) is 5.69 Å². The van der Waals surface area contributed by atoms with Crippen molar-refractivity contribution in [2.24, 2.45) is 0 Å². The molecule has 0 atom stereocenters. The summed E-state index contributed by atoms with van der Waals surface area (Å²) < 4.78 is 53.8. The number of aryl methyl sites for hydroxylation is 1. The van der Waals surface area contributed by atoms with Gasteiger partial charge in [-0.3, -0.25) is 4.72 Å². The van der Waals surface area contributed by atoms with Gasteiger partial charge in [0.1, 0.15) is 5.69 Å². The van der Waals surface area contributed by atoms with Crippen molar-refractivity contribution in [3.05, 3.63) is 53.5 Å². The molecule has 2 heterocycles. The predicted molar refractivity (Wildman–Crippen MR) is 106 cm³/mol. The largest absolute Gasteiger partial charge is 0.322 e. The number of anilines is 1. The van der Waals surface area contributed by atoms with E-state index in [1.165, 1.54) is 31.6 Å². The second-order valence-corrected chi connectivity index (χ2v) is 10.5. The summed E-state index contributed by atoms with van der Waals surface area (Å²) in [5.74, 6) is 0. The van der Waals surface area contributed by atoms with Crippen molar-refractivity contribution in [3.63, 3.8) is 0 Å². The molecule has 144 valence electrons. The van der Waals surface area contributed by atoms with E-state index in [1.54, 1.807) is 48.7 Å². The van der Waals surface area contributed by atoms with Crippen molar-refractivity contribution in [3.8, 4) is 10.6 Å². The van der Waals surface area contributed by atoms with Crippen LogP contribution in [-0.2, 0) is 20.2 Å². The van der Waals surface area contributed by atoms with Crippen molar-refractivity contribution >= 4 is 37.3 Å². The Kier molecular flexibility index (Phi) is 5.12. The van der Waals surface area contributed by atoms with Crippen molar-refractivity contribution < 1.29 is 16.8 Å². The van der Waals surface area contributed by atoms with E-state index in [2.05, 4.69) is 9.82 Å². The SMILES string of the molecule is Cc1ccccc1S(=O)(=O)Nc1csc(-c2ccn(S(=O)(=O)N(C)C)n2)c1. The molecule has 11 heteroatoms. The van der Waals surface area contributed by atoms with Gasteiger partial charge in [-0.25, -0.2) is 8.42 Å². The fourth-order valence-electron chi connectivity index (χ4n) is 2.33. The first-order valence-electron chi connectivity index (χ1n) is 7.77. The molecular formula is C16H18N4O4S3. The predicted octanol–water partition coefficient (Wildman–Crippen LogP) is 2.38. The summed E-state index contributed by atoms with van der Waals surface area (Å²) >= 11 is 1.26. The Morgan fingerprint density at radius 2 is 1.81 bits per heavy atom. The molecule has 1 N–H and O–H groups in total. The van der Waals surface area contributed by atoms with Crippen molar-refractivity contribution in [1.29, 1.82) is 0 Å². The molecule has 1 aromatic carbocycles. The van der Waals surface area contributed by atoms with Gasteiger partial charge in [0.15, 0.2) is 0 Å². The van der Waals surface area contributed by atoms with Crippen molar-refractivity contribution in [2.75, 3.05) is 18.8 Å². The average molecular weight is 427 g/mol. The first-order valence-corrected chi connectivity index (χ1v) is 11.5. The number of hydrogen-bond donors (Lipinski definition) is 1. The summed E-state index contributed by atoms with van der Waals surface area (Å²) in [5, 5.41) is 5.72. The van der Waals surface area contributed by atoms with Crippen molar-refractivity contribution in [2.45, 2.75) is 11.8 Å². The molecule has 3 rings (SSSR count). The van der Waals surface area contributed by atoms with Gasteiger partial charge >= 0.3 is 10.2 Å². The van der Waals surface area contributed by atoms with Gasteiger partial charge in [-0.15, -0.1) is 11.3 Å². The van der Waals surface area contributed by atoms with E-state index in [1.807, 2.05) is 0 Å². The third-order valence-corrected chi connectivity index (χ3v) is 7.84. The van der Waals surface area contributed by atoms with Gasteiger partial charge in [-0.05, 0) is 30.7 Å².